The van der Waals surface area contributed by atoms with Gasteiger partial charge in [-0.1, -0.05) is 6.92 Å². The topological polar surface area (TPSA) is 70.8 Å². The standard InChI is InChI=1S/C18H25NO4/c1-12-8-9-19(15(11-12)16-3-2-10-23-16)17(20)13-4-6-14(7-5-13)18(21)22/h2-3,10,12-15H,4-9,11H2,1H3,(H,21,22). The Balaban J connectivity index is 1.69. The second kappa shape index (κ2) is 6.77. The molecule has 1 aromatic rings. The Labute approximate surface area is 136 Å². The summed E-state index contributed by atoms with van der Waals surface area (Å²) >= 11 is 0. The van der Waals surface area contributed by atoms with Crippen molar-refractivity contribution in [3.05, 3.63) is 24.2 Å². The Morgan fingerprint density at radius 1 is 1.17 bits per heavy atom. The van der Waals surface area contributed by atoms with Crippen molar-refractivity contribution in [2.75, 3.05) is 6.54 Å². The third-order valence-corrected chi connectivity index (χ3v) is 5.45. The third kappa shape index (κ3) is 3.43. The van der Waals surface area contributed by atoms with E-state index in [2.05, 4.69) is 6.92 Å². The number of likely N-dealkylation sites (tertiary alicyclic amines) is 1. The van der Waals surface area contributed by atoms with Gasteiger partial charge in [0.1, 0.15) is 5.76 Å². The van der Waals surface area contributed by atoms with Crippen molar-refractivity contribution in [1.29, 1.82) is 0 Å². The summed E-state index contributed by atoms with van der Waals surface area (Å²) in [6.45, 7) is 2.99. The minimum absolute atomic E-state index is 0.0263. The second-order valence-electron chi connectivity index (χ2n) is 7.08. The van der Waals surface area contributed by atoms with E-state index in [0.717, 1.165) is 25.1 Å². The average Bonchev–Trinajstić information content (AvgIpc) is 3.08. The first-order valence-corrected chi connectivity index (χ1v) is 8.63. The summed E-state index contributed by atoms with van der Waals surface area (Å²) in [6, 6.07) is 3.85. The highest BCUT2D eigenvalue weighted by Gasteiger charge is 2.37. The molecule has 0 spiro atoms. The maximum atomic E-state index is 13.0. The van der Waals surface area contributed by atoms with Crippen molar-refractivity contribution in [3.63, 3.8) is 0 Å². The normalized spacial score (nSPS) is 31.8. The van der Waals surface area contributed by atoms with Crippen LogP contribution in [0.1, 0.15) is 57.3 Å². The molecule has 1 saturated carbocycles. The lowest BCUT2D eigenvalue weighted by Crippen LogP contribution is -2.44. The number of furan rings is 1. The van der Waals surface area contributed by atoms with Crippen molar-refractivity contribution in [3.8, 4) is 0 Å². The van der Waals surface area contributed by atoms with Crippen LogP contribution in [0.5, 0.6) is 0 Å². The molecule has 1 amide bonds. The molecule has 1 aliphatic carbocycles. The van der Waals surface area contributed by atoms with Crippen molar-refractivity contribution < 1.29 is 19.1 Å². The lowest BCUT2D eigenvalue weighted by atomic mass is 9.80. The van der Waals surface area contributed by atoms with Gasteiger partial charge >= 0.3 is 5.97 Å². The highest BCUT2D eigenvalue weighted by atomic mass is 16.4. The molecule has 0 aromatic carbocycles. The maximum absolute atomic E-state index is 13.0. The van der Waals surface area contributed by atoms with Gasteiger partial charge in [0.25, 0.3) is 0 Å². The molecule has 3 rings (SSSR count). The molecule has 1 aliphatic heterocycles. The van der Waals surface area contributed by atoms with Crippen LogP contribution in [0, 0.1) is 17.8 Å². The summed E-state index contributed by atoms with van der Waals surface area (Å²) in [5, 5.41) is 9.10. The van der Waals surface area contributed by atoms with E-state index in [1.807, 2.05) is 17.0 Å². The molecule has 0 radical (unpaired) electrons. The van der Waals surface area contributed by atoms with Crippen LogP contribution in [0.2, 0.25) is 0 Å². The van der Waals surface area contributed by atoms with Crippen LogP contribution in [0.15, 0.2) is 22.8 Å². The number of rotatable bonds is 3. The summed E-state index contributed by atoms with van der Waals surface area (Å²) in [4.78, 5) is 26.0. The maximum Gasteiger partial charge on any atom is 0.306 e. The van der Waals surface area contributed by atoms with Gasteiger partial charge < -0.3 is 14.4 Å². The van der Waals surface area contributed by atoms with Crippen molar-refractivity contribution in [2.24, 2.45) is 17.8 Å². The Kier molecular flexibility index (Phi) is 4.74. The van der Waals surface area contributed by atoms with E-state index in [-0.39, 0.29) is 23.8 Å². The van der Waals surface area contributed by atoms with Gasteiger partial charge in [-0.2, -0.15) is 0 Å². The fourth-order valence-electron chi connectivity index (χ4n) is 3.98. The van der Waals surface area contributed by atoms with Gasteiger partial charge in [0.15, 0.2) is 0 Å². The number of amides is 1. The summed E-state index contributed by atoms with van der Waals surface area (Å²) in [6.07, 6.45) is 6.22. The van der Waals surface area contributed by atoms with Crippen LogP contribution >= 0.6 is 0 Å². The zero-order valence-electron chi connectivity index (χ0n) is 13.6. The second-order valence-corrected chi connectivity index (χ2v) is 7.08. The number of hydrogen-bond acceptors (Lipinski definition) is 3. The monoisotopic (exact) mass is 319 g/mol. The van der Waals surface area contributed by atoms with Gasteiger partial charge in [0, 0.05) is 12.5 Å². The van der Waals surface area contributed by atoms with E-state index in [1.54, 1.807) is 6.26 Å². The van der Waals surface area contributed by atoms with Crippen LogP contribution in [-0.2, 0) is 9.59 Å². The molecule has 1 saturated heterocycles. The van der Waals surface area contributed by atoms with E-state index in [9.17, 15) is 9.59 Å². The van der Waals surface area contributed by atoms with E-state index < -0.39 is 5.97 Å². The highest BCUT2D eigenvalue weighted by Crippen LogP contribution is 2.38. The molecule has 0 bridgehead atoms. The lowest BCUT2D eigenvalue weighted by Gasteiger charge is -2.40. The number of carbonyl (C=O) groups is 2. The zero-order chi connectivity index (χ0) is 16.4. The number of nitrogens with zero attached hydrogens (tertiary/aromatic N) is 1. The van der Waals surface area contributed by atoms with Gasteiger partial charge in [-0.3, -0.25) is 9.59 Å². The number of hydrogen-bond donors (Lipinski definition) is 1. The zero-order valence-corrected chi connectivity index (χ0v) is 13.6. The van der Waals surface area contributed by atoms with Gasteiger partial charge in [-0.05, 0) is 56.6 Å². The molecule has 2 unspecified atom stereocenters. The molecular formula is C18H25NO4. The SMILES string of the molecule is CC1CCN(C(=O)C2CCC(C(=O)O)CC2)C(c2ccco2)C1. The molecule has 1 N–H and O–H groups in total. The largest absolute Gasteiger partial charge is 0.481 e. The molecule has 2 fully saturated rings. The molecule has 2 atom stereocenters. The molecule has 2 heterocycles. The summed E-state index contributed by atoms with van der Waals surface area (Å²) in [5.41, 5.74) is 0. The molecule has 5 nitrogen and oxygen atoms in total. The van der Waals surface area contributed by atoms with Crippen molar-refractivity contribution in [1.82, 2.24) is 4.90 Å². The number of carbonyl (C=O) groups excluding carboxylic acids is 1. The predicted octanol–water partition coefficient (Wildman–Crippen LogP) is 3.47. The van der Waals surface area contributed by atoms with Gasteiger partial charge in [-0.15, -0.1) is 0 Å². The molecule has 5 heteroatoms. The van der Waals surface area contributed by atoms with Crippen molar-refractivity contribution in [2.45, 2.75) is 51.5 Å². The number of carboxylic acids is 1. The van der Waals surface area contributed by atoms with Crippen molar-refractivity contribution >= 4 is 11.9 Å². The number of carboxylic acid groups (broad SMARTS) is 1. The Morgan fingerprint density at radius 3 is 2.48 bits per heavy atom. The molecule has 1 aromatic heterocycles. The lowest BCUT2D eigenvalue weighted by molar-refractivity contribution is -0.147. The molecule has 126 valence electrons. The summed E-state index contributed by atoms with van der Waals surface area (Å²) in [5.74, 6) is 0.595. The van der Waals surface area contributed by atoms with Crippen LogP contribution in [0.25, 0.3) is 0 Å². The van der Waals surface area contributed by atoms with Crippen LogP contribution in [-0.4, -0.2) is 28.4 Å². The average molecular weight is 319 g/mol. The Hall–Kier alpha value is -1.78. The fraction of sp³-hybridized carbons (Fsp3) is 0.667. The van der Waals surface area contributed by atoms with E-state index in [4.69, 9.17) is 9.52 Å². The van der Waals surface area contributed by atoms with Crippen LogP contribution in [0.3, 0.4) is 0 Å². The Bertz CT molecular complexity index is 545. The smallest absolute Gasteiger partial charge is 0.306 e. The fourth-order valence-corrected chi connectivity index (χ4v) is 3.98. The Morgan fingerprint density at radius 2 is 1.87 bits per heavy atom. The first kappa shape index (κ1) is 16.1. The van der Waals surface area contributed by atoms with E-state index in [1.165, 1.54) is 0 Å². The van der Waals surface area contributed by atoms with Crippen LogP contribution in [0.4, 0.5) is 0 Å². The number of aliphatic carboxylic acids is 1. The first-order valence-electron chi connectivity index (χ1n) is 8.63. The van der Waals surface area contributed by atoms with Gasteiger partial charge in [0.05, 0.1) is 18.2 Å². The minimum Gasteiger partial charge on any atom is -0.481 e. The van der Waals surface area contributed by atoms with Gasteiger partial charge in [0.2, 0.25) is 5.91 Å². The van der Waals surface area contributed by atoms with Crippen LogP contribution < -0.4 is 0 Å². The predicted molar refractivity (Wildman–Crippen MR) is 84.6 cm³/mol. The molecular weight excluding hydrogens is 294 g/mol. The van der Waals surface area contributed by atoms with E-state index in [0.29, 0.717) is 31.6 Å². The molecule has 23 heavy (non-hydrogen) atoms. The van der Waals surface area contributed by atoms with Gasteiger partial charge in [-0.25, -0.2) is 0 Å². The highest BCUT2D eigenvalue weighted by molar-refractivity contribution is 5.80. The molecule has 2 aliphatic rings. The quantitative estimate of drug-likeness (QED) is 0.926. The number of piperidine rings is 1. The van der Waals surface area contributed by atoms with E-state index >= 15 is 0 Å². The first-order chi connectivity index (χ1) is 11.1. The summed E-state index contributed by atoms with van der Waals surface area (Å²) in [7, 11) is 0. The third-order valence-electron chi connectivity index (χ3n) is 5.45. The minimum atomic E-state index is -0.726. The summed E-state index contributed by atoms with van der Waals surface area (Å²) < 4.78 is 5.57.